The van der Waals surface area contributed by atoms with Crippen LogP contribution in [0.5, 0.6) is 0 Å². The van der Waals surface area contributed by atoms with Crippen molar-refractivity contribution in [1.82, 2.24) is 5.32 Å². The van der Waals surface area contributed by atoms with Gasteiger partial charge in [-0.3, -0.25) is 4.79 Å². The zero-order valence-electron chi connectivity index (χ0n) is 13.4. The van der Waals surface area contributed by atoms with Gasteiger partial charge < -0.3 is 10.6 Å². The molecule has 0 bridgehead atoms. The maximum atomic E-state index is 12.6. The molecule has 2 rings (SSSR count). The minimum Gasteiger partial charge on any atom is -0.384 e. The van der Waals surface area contributed by atoms with Gasteiger partial charge in [-0.2, -0.15) is 0 Å². The molecule has 0 spiro atoms. The van der Waals surface area contributed by atoms with E-state index in [2.05, 4.69) is 30.5 Å². The van der Waals surface area contributed by atoms with Crippen molar-refractivity contribution in [3.05, 3.63) is 29.3 Å². The van der Waals surface area contributed by atoms with Crippen LogP contribution in [0.4, 0.5) is 5.69 Å². The minimum atomic E-state index is 0.0794. The Hall–Kier alpha value is -1.51. The molecule has 1 amide bonds. The highest BCUT2D eigenvalue weighted by molar-refractivity contribution is 6.00. The van der Waals surface area contributed by atoms with Crippen molar-refractivity contribution in [2.75, 3.05) is 11.9 Å². The average Bonchev–Trinajstić information content (AvgIpc) is 2.52. The lowest BCUT2D eigenvalue weighted by molar-refractivity contribution is 0.0933. The van der Waals surface area contributed by atoms with Crippen molar-refractivity contribution in [2.45, 2.75) is 64.8 Å². The van der Waals surface area contributed by atoms with E-state index in [0.29, 0.717) is 6.04 Å². The molecule has 3 nitrogen and oxygen atoms in total. The van der Waals surface area contributed by atoms with Crippen molar-refractivity contribution in [3.63, 3.8) is 0 Å². The fourth-order valence-corrected chi connectivity index (χ4v) is 3.05. The molecule has 1 unspecified atom stereocenters. The van der Waals surface area contributed by atoms with Crippen LogP contribution in [0.2, 0.25) is 0 Å². The summed E-state index contributed by atoms with van der Waals surface area (Å²) in [7, 11) is 0. The van der Waals surface area contributed by atoms with Crippen LogP contribution in [0.3, 0.4) is 0 Å². The highest BCUT2D eigenvalue weighted by Crippen LogP contribution is 2.26. The highest BCUT2D eigenvalue weighted by Gasteiger charge is 2.19. The van der Waals surface area contributed by atoms with E-state index in [9.17, 15) is 4.79 Å². The Labute approximate surface area is 128 Å². The number of nitrogens with one attached hydrogen (secondary N) is 2. The summed E-state index contributed by atoms with van der Waals surface area (Å²) < 4.78 is 0. The lowest BCUT2D eigenvalue weighted by atomic mass is 9.98. The predicted octanol–water partition coefficient (Wildman–Crippen LogP) is 4.13. The van der Waals surface area contributed by atoms with Gasteiger partial charge in [-0.1, -0.05) is 45.2 Å². The largest absolute Gasteiger partial charge is 0.384 e. The average molecular weight is 288 g/mol. The topological polar surface area (TPSA) is 41.1 Å². The summed E-state index contributed by atoms with van der Waals surface area (Å²) in [6, 6.07) is 6.37. The number of carbonyl (C=O) groups excluding carboxylic acids is 1. The molecule has 0 saturated heterocycles. The maximum absolute atomic E-state index is 12.6. The summed E-state index contributed by atoms with van der Waals surface area (Å²) in [5.41, 5.74) is 3.13. The number of rotatable bonds is 7. The zero-order chi connectivity index (χ0) is 15.1. The minimum absolute atomic E-state index is 0.0794. The zero-order valence-corrected chi connectivity index (χ0v) is 13.4. The number of para-hydroxylation sites is 1. The van der Waals surface area contributed by atoms with Gasteiger partial charge in [0.05, 0.1) is 11.3 Å². The van der Waals surface area contributed by atoms with Gasteiger partial charge in [-0.15, -0.1) is 0 Å². The number of hydrogen-bond acceptors (Lipinski definition) is 2. The second-order valence-corrected chi connectivity index (χ2v) is 5.97. The van der Waals surface area contributed by atoms with Crippen LogP contribution in [-0.4, -0.2) is 18.5 Å². The number of anilines is 1. The first-order valence-corrected chi connectivity index (χ1v) is 8.42. The summed E-state index contributed by atoms with van der Waals surface area (Å²) in [6.45, 7) is 5.34. The molecule has 21 heavy (non-hydrogen) atoms. The molecule has 1 aromatic carbocycles. The first-order chi connectivity index (χ1) is 10.3. The van der Waals surface area contributed by atoms with E-state index < -0.39 is 0 Å². The Morgan fingerprint density at radius 2 is 2.14 bits per heavy atom. The summed E-state index contributed by atoms with van der Waals surface area (Å²) >= 11 is 0. The molecule has 0 aliphatic carbocycles. The Morgan fingerprint density at radius 3 is 2.90 bits per heavy atom. The van der Waals surface area contributed by atoms with Crippen molar-refractivity contribution >= 4 is 11.6 Å². The van der Waals surface area contributed by atoms with E-state index in [1.807, 2.05) is 12.1 Å². The van der Waals surface area contributed by atoms with E-state index in [4.69, 9.17) is 0 Å². The lowest BCUT2D eigenvalue weighted by Crippen LogP contribution is -2.35. The number of unbranched alkanes of at least 4 members (excludes halogenated alkanes) is 1. The number of fused-ring (bicyclic) bond motifs is 1. The van der Waals surface area contributed by atoms with Gasteiger partial charge >= 0.3 is 0 Å². The SMILES string of the molecule is CCCCC(CCC)NC(=O)c1cccc2c1NCCC2. The van der Waals surface area contributed by atoms with Crippen LogP contribution < -0.4 is 10.6 Å². The third-order valence-corrected chi connectivity index (χ3v) is 4.20. The third kappa shape index (κ3) is 4.23. The van der Waals surface area contributed by atoms with Crippen LogP contribution >= 0.6 is 0 Å². The molecule has 0 fully saturated rings. The van der Waals surface area contributed by atoms with E-state index in [0.717, 1.165) is 49.9 Å². The van der Waals surface area contributed by atoms with Crippen LogP contribution in [-0.2, 0) is 6.42 Å². The maximum Gasteiger partial charge on any atom is 0.253 e. The van der Waals surface area contributed by atoms with Crippen molar-refractivity contribution in [1.29, 1.82) is 0 Å². The molecule has 1 aromatic rings. The molecule has 3 heteroatoms. The van der Waals surface area contributed by atoms with Gasteiger partial charge in [0.15, 0.2) is 0 Å². The second-order valence-electron chi connectivity index (χ2n) is 5.97. The number of carbonyl (C=O) groups is 1. The molecular weight excluding hydrogens is 260 g/mol. The number of aryl methyl sites for hydroxylation is 1. The van der Waals surface area contributed by atoms with E-state index >= 15 is 0 Å². The van der Waals surface area contributed by atoms with Crippen molar-refractivity contribution in [2.24, 2.45) is 0 Å². The highest BCUT2D eigenvalue weighted by atomic mass is 16.1. The van der Waals surface area contributed by atoms with Crippen LogP contribution in [0.25, 0.3) is 0 Å². The number of hydrogen-bond donors (Lipinski definition) is 2. The Bertz CT molecular complexity index is 470. The smallest absolute Gasteiger partial charge is 0.253 e. The molecule has 1 heterocycles. The van der Waals surface area contributed by atoms with E-state index in [-0.39, 0.29) is 5.91 Å². The Kier molecular flexibility index (Phi) is 6.09. The summed E-state index contributed by atoms with van der Waals surface area (Å²) in [6.07, 6.45) is 7.83. The standard InChI is InChI=1S/C18H28N2O/c1-3-5-11-15(8-4-2)20-18(21)16-12-6-9-14-10-7-13-19-17(14)16/h6,9,12,15,19H,3-5,7-8,10-11,13H2,1-2H3,(H,20,21). The van der Waals surface area contributed by atoms with Gasteiger partial charge in [-0.05, 0) is 37.3 Å². The normalized spacial score (nSPS) is 15.0. The molecule has 116 valence electrons. The molecule has 0 aromatic heterocycles. The fourth-order valence-electron chi connectivity index (χ4n) is 3.05. The van der Waals surface area contributed by atoms with Gasteiger partial charge in [-0.25, -0.2) is 0 Å². The molecular formula is C18H28N2O. The van der Waals surface area contributed by atoms with Crippen molar-refractivity contribution in [3.8, 4) is 0 Å². The number of benzene rings is 1. The van der Waals surface area contributed by atoms with Crippen molar-refractivity contribution < 1.29 is 4.79 Å². The monoisotopic (exact) mass is 288 g/mol. The van der Waals surface area contributed by atoms with E-state index in [1.165, 1.54) is 18.4 Å². The molecule has 0 radical (unpaired) electrons. The van der Waals surface area contributed by atoms with Crippen LogP contribution in [0, 0.1) is 0 Å². The Balaban J connectivity index is 2.08. The summed E-state index contributed by atoms with van der Waals surface area (Å²) in [4.78, 5) is 12.6. The van der Waals surface area contributed by atoms with E-state index in [1.54, 1.807) is 0 Å². The van der Waals surface area contributed by atoms with Gasteiger partial charge in [0.2, 0.25) is 0 Å². The van der Waals surface area contributed by atoms with Gasteiger partial charge in [0, 0.05) is 12.6 Å². The molecule has 1 aliphatic rings. The molecule has 1 aliphatic heterocycles. The molecule has 1 atom stereocenters. The molecule has 2 N–H and O–H groups in total. The summed E-state index contributed by atoms with van der Waals surface area (Å²) in [5, 5.41) is 6.64. The first-order valence-electron chi connectivity index (χ1n) is 8.42. The van der Waals surface area contributed by atoms with Gasteiger partial charge in [0.1, 0.15) is 0 Å². The van der Waals surface area contributed by atoms with Gasteiger partial charge in [0.25, 0.3) is 5.91 Å². The molecule has 0 saturated carbocycles. The van der Waals surface area contributed by atoms with Crippen LogP contribution in [0.1, 0.15) is 68.3 Å². The predicted molar refractivity (Wildman–Crippen MR) is 88.9 cm³/mol. The second kappa shape index (κ2) is 8.06. The quantitative estimate of drug-likeness (QED) is 0.792. The first kappa shape index (κ1) is 15.9. The Morgan fingerprint density at radius 1 is 1.29 bits per heavy atom. The number of amides is 1. The fraction of sp³-hybridized carbons (Fsp3) is 0.611. The lowest BCUT2D eigenvalue weighted by Gasteiger charge is -2.23. The van der Waals surface area contributed by atoms with Crippen LogP contribution in [0.15, 0.2) is 18.2 Å². The third-order valence-electron chi connectivity index (χ3n) is 4.20. The summed E-state index contributed by atoms with van der Waals surface area (Å²) in [5.74, 6) is 0.0794.